The zero-order valence-corrected chi connectivity index (χ0v) is 15.4. The molecule has 0 bridgehead atoms. The molecule has 100 valence electrons. The van der Waals surface area contributed by atoms with Crippen LogP contribution in [-0.2, 0) is 0 Å². The zero-order chi connectivity index (χ0) is 14.3. The van der Waals surface area contributed by atoms with Crippen LogP contribution in [0.15, 0.2) is 0 Å². The van der Waals surface area contributed by atoms with Gasteiger partial charge in [0.25, 0.3) is 0 Å². The van der Waals surface area contributed by atoms with Crippen molar-refractivity contribution in [1.29, 1.82) is 0 Å². The Morgan fingerprint density at radius 1 is 0.824 bits per heavy atom. The van der Waals surface area contributed by atoms with Crippen molar-refractivity contribution in [2.75, 3.05) is 0 Å². The molecule has 0 rings (SSSR count). The first kappa shape index (κ1) is 16.8. The van der Waals surface area contributed by atoms with E-state index < -0.39 is 16.1 Å². The lowest BCUT2D eigenvalue weighted by molar-refractivity contribution is 0.00153. The summed E-state index contributed by atoms with van der Waals surface area (Å²) in [7, 11) is -3.44. The van der Waals surface area contributed by atoms with E-state index in [1.54, 1.807) is 0 Å². The fourth-order valence-electron chi connectivity index (χ4n) is 2.84. The highest BCUT2D eigenvalue weighted by atomic mass is 28.4. The van der Waals surface area contributed by atoms with Gasteiger partial charge >= 0.3 is 0 Å². The van der Waals surface area contributed by atoms with Crippen molar-refractivity contribution in [2.45, 2.75) is 77.8 Å². The van der Waals surface area contributed by atoms with Gasteiger partial charge in [0.05, 0.1) is 0 Å². The molecular formula is C13H30N2Si2. The summed E-state index contributed by atoms with van der Waals surface area (Å²) >= 11 is 0. The molecule has 0 N–H and O–H groups in total. The fourth-order valence-corrected chi connectivity index (χ4v) is 15.3. The molecule has 0 aliphatic carbocycles. The molecule has 0 fully saturated rings. The van der Waals surface area contributed by atoms with Crippen molar-refractivity contribution < 1.29 is 4.79 Å². The Morgan fingerprint density at radius 2 is 1.12 bits per heavy atom. The highest BCUT2D eigenvalue weighted by Crippen LogP contribution is 2.52. The molecule has 17 heavy (non-hydrogen) atoms. The minimum Gasteiger partial charge on any atom is -0.363 e. The zero-order valence-electron chi connectivity index (χ0n) is 13.4. The molecule has 0 aromatic rings. The predicted octanol–water partition coefficient (Wildman–Crippen LogP) is 4.75. The molecule has 0 amide bonds. The molecule has 0 aliphatic rings. The highest BCUT2D eigenvalue weighted by molar-refractivity contribution is 7.33. The average molecular weight is 271 g/mol. The van der Waals surface area contributed by atoms with E-state index in [0.29, 0.717) is 0 Å². The fraction of sp³-hybridized carbons (Fsp3) is 0.923. The molecule has 0 radical (unpaired) electrons. The van der Waals surface area contributed by atoms with Gasteiger partial charge in [-0.1, -0.05) is 67.7 Å². The van der Waals surface area contributed by atoms with E-state index >= 15 is 0 Å². The van der Waals surface area contributed by atoms with Crippen LogP contribution in [0.1, 0.15) is 41.5 Å². The smallest absolute Gasteiger partial charge is 0.209 e. The summed E-state index contributed by atoms with van der Waals surface area (Å²) in [6, 6.07) is 0. The number of hydrogen-bond acceptors (Lipinski definition) is 0. The van der Waals surface area contributed by atoms with Crippen LogP contribution in [0.25, 0.3) is 5.53 Å². The summed E-state index contributed by atoms with van der Waals surface area (Å²) in [5.41, 5.74) is 9.58. The topological polar surface area (TPSA) is 36.4 Å². The Kier molecular flexibility index (Phi) is 4.44. The van der Waals surface area contributed by atoms with Gasteiger partial charge in [-0.2, -0.15) is 4.79 Å². The number of hydrogen-bond donors (Lipinski definition) is 0. The molecule has 0 aliphatic heterocycles. The molecular weight excluding hydrogens is 240 g/mol. The van der Waals surface area contributed by atoms with Crippen LogP contribution in [0.3, 0.4) is 0 Å². The van der Waals surface area contributed by atoms with Gasteiger partial charge in [0.2, 0.25) is 4.96 Å². The third kappa shape index (κ3) is 2.98. The van der Waals surface area contributed by atoms with E-state index in [4.69, 9.17) is 0 Å². The maximum absolute atomic E-state index is 9.58. The summed E-state index contributed by atoms with van der Waals surface area (Å²) in [6.45, 7) is 23.0. The van der Waals surface area contributed by atoms with Crippen LogP contribution < -0.4 is 0 Å². The minimum absolute atomic E-state index is 0.201. The second-order valence-corrected chi connectivity index (χ2v) is 19.5. The van der Waals surface area contributed by atoms with Gasteiger partial charge in [0, 0.05) is 0 Å². The van der Waals surface area contributed by atoms with E-state index in [2.05, 4.69) is 72.5 Å². The van der Waals surface area contributed by atoms with E-state index in [9.17, 15) is 5.53 Å². The van der Waals surface area contributed by atoms with Crippen molar-refractivity contribution in [1.82, 2.24) is 0 Å². The molecule has 0 aromatic heterocycles. The molecule has 0 aromatic carbocycles. The lowest BCUT2D eigenvalue weighted by Crippen LogP contribution is -2.63. The first-order valence-corrected chi connectivity index (χ1v) is 12.4. The van der Waals surface area contributed by atoms with E-state index in [0.717, 1.165) is 4.96 Å². The Hall–Kier alpha value is -0.186. The van der Waals surface area contributed by atoms with E-state index in [-0.39, 0.29) is 10.1 Å². The van der Waals surface area contributed by atoms with E-state index in [1.165, 1.54) is 0 Å². The largest absolute Gasteiger partial charge is 0.363 e. The van der Waals surface area contributed by atoms with Crippen molar-refractivity contribution >= 4 is 21.1 Å². The normalized spacial score (nSPS) is 14.5. The molecule has 0 unspecified atom stereocenters. The second kappa shape index (κ2) is 4.49. The van der Waals surface area contributed by atoms with Crippen molar-refractivity contribution in [3.63, 3.8) is 0 Å². The van der Waals surface area contributed by atoms with Crippen molar-refractivity contribution in [2.24, 2.45) is 0 Å². The van der Waals surface area contributed by atoms with Gasteiger partial charge in [-0.15, -0.1) is 0 Å². The molecule has 0 saturated carbocycles. The number of rotatable bonds is 2. The van der Waals surface area contributed by atoms with Crippen LogP contribution >= 0.6 is 0 Å². The Labute approximate surface area is 109 Å². The average Bonchev–Trinajstić information content (AvgIpc) is 1.97. The second-order valence-electron chi connectivity index (χ2n) is 8.32. The Balaban J connectivity index is 6.12. The molecule has 2 nitrogen and oxygen atoms in total. The maximum atomic E-state index is 9.58. The van der Waals surface area contributed by atoms with Crippen LogP contribution in [0, 0.1) is 0 Å². The monoisotopic (exact) mass is 270 g/mol. The van der Waals surface area contributed by atoms with E-state index in [1.807, 2.05) is 0 Å². The summed E-state index contributed by atoms with van der Waals surface area (Å²) in [5.74, 6) is 0. The third-order valence-electron chi connectivity index (χ3n) is 4.28. The highest BCUT2D eigenvalue weighted by Gasteiger charge is 2.60. The SMILES string of the molecule is CC(C)(C)[Si](C)(C(=[N+]=[N-])[Si](C)(C)C)C(C)(C)C. The van der Waals surface area contributed by atoms with Crippen molar-refractivity contribution in [3.8, 4) is 0 Å². The first-order valence-electron chi connectivity index (χ1n) is 6.42. The van der Waals surface area contributed by atoms with Crippen LogP contribution in [0.5, 0.6) is 0 Å². The van der Waals surface area contributed by atoms with Gasteiger partial charge in [-0.25, -0.2) is 0 Å². The van der Waals surface area contributed by atoms with Crippen LogP contribution in [0.2, 0.25) is 36.3 Å². The van der Waals surface area contributed by atoms with Gasteiger partial charge < -0.3 is 5.53 Å². The van der Waals surface area contributed by atoms with Gasteiger partial charge in [-0.05, 0) is 10.1 Å². The molecule has 4 heteroatoms. The molecule has 0 saturated heterocycles. The molecule has 0 spiro atoms. The Bertz CT molecular complexity index is 320. The van der Waals surface area contributed by atoms with Gasteiger partial charge in [0.15, 0.2) is 16.1 Å². The summed E-state index contributed by atoms with van der Waals surface area (Å²) in [6.07, 6.45) is 0. The molecule has 0 heterocycles. The number of nitrogens with zero attached hydrogens (tertiary/aromatic N) is 2. The third-order valence-corrected chi connectivity index (χ3v) is 16.6. The maximum Gasteiger partial charge on any atom is 0.209 e. The summed E-state index contributed by atoms with van der Waals surface area (Å²) in [4.78, 5) is 4.96. The summed E-state index contributed by atoms with van der Waals surface area (Å²) < 4.78 is 0. The molecule has 0 atom stereocenters. The Morgan fingerprint density at radius 3 is 1.18 bits per heavy atom. The lowest BCUT2D eigenvalue weighted by atomic mass is 10.2. The van der Waals surface area contributed by atoms with Crippen LogP contribution in [0.4, 0.5) is 0 Å². The quantitative estimate of drug-likeness (QED) is 0.300. The van der Waals surface area contributed by atoms with Crippen molar-refractivity contribution in [3.05, 3.63) is 5.53 Å². The summed E-state index contributed by atoms with van der Waals surface area (Å²) in [5, 5.41) is 0.403. The lowest BCUT2D eigenvalue weighted by Gasteiger charge is -2.47. The first-order chi connectivity index (χ1) is 7.19. The standard InChI is InChI=1S/C13H30N2Si2/c1-12(2,3)17(10,13(4,5)6)11(15-14)16(7,8)9/h1-10H3. The van der Waals surface area contributed by atoms with Crippen LogP contribution in [-0.4, -0.2) is 25.9 Å². The minimum atomic E-state index is -1.86. The van der Waals surface area contributed by atoms with Gasteiger partial charge in [-0.3, -0.25) is 0 Å². The van der Waals surface area contributed by atoms with Gasteiger partial charge in [0.1, 0.15) is 0 Å². The predicted molar refractivity (Wildman–Crippen MR) is 83.0 cm³/mol.